The lowest BCUT2D eigenvalue weighted by Crippen LogP contribution is -2.45. The van der Waals surface area contributed by atoms with Gasteiger partial charge in [0.05, 0.1) is 4.47 Å². The summed E-state index contributed by atoms with van der Waals surface area (Å²) < 4.78 is 40.4. The van der Waals surface area contributed by atoms with Crippen molar-refractivity contribution in [3.05, 3.63) is 22.4 Å². The first-order valence-corrected chi connectivity index (χ1v) is 8.50. The summed E-state index contributed by atoms with van der Waals surface area (Å²) in [5, 5.41) is 2.43. The van der Waals surface area contributed by atoms with Crippen LogP contribution in [0.2, 0.25) is 0 Å². The summed E-state index contributed by atoms with van der Waals surface area (Å²) >= 11 is 2.94. The summed E-state index contributed by atoms with van der Waals surface area (Å²) in [5.41, 5.74) is 5.71. The summed E-state index contributed by atoms with van der Waals surface area (Å²) in [6.45, 7) is 0.173. The van der Waals surface area contributed by atoms with Crippen molar-refractivity contribution in [2.75, 3.05) is 19.3 Å². The van der Waals surface area contributed by atoms with Crippen LogP contribution in [0, 0.1) is 5.82 Å². The molecule has 1 heterocycles. The van der Waals surface area contributed by atoms with Crippen LogP contribution < -0.4 is 11.1 Å². The summed E-state index contributed by atoms with van der Waals surface area (Å²) in [6.07, 6.45) is 0.951. The average molecular weight is 380 g/mol. The normalized spacial score (nSPS) is 19.7. The molecule has 0 bridgehead atoms. The van der Waals surface area contributed by atoms with Crippen LogP contribution in [0.1, 0.15) is 12.8 Å². The van der Waals surface area contributed by atoms with E-state index in [0.29, 0.717) is 12.8 Å². The maximum Gasteiger partial charge on any atom is 0.246 e. The Morgan fingerprint density at radius 3 is 2.81 bits per heavy atom. The van der Waals surface area contributed by atoms with E-state index in [9.17, 15) is 17.6 Å². The highest BCUT2D eigenvalue weighted by Crippen LogP contribution is 2.31. The number of nitrogens with one attached hydrogen (secondary N) is 1. The van der Waals surface area contributed by atoms with Crippen LogP contribution in [0.25, 0.3) is 0 Å². The van der Waals surface area contributed by atoms with E-state index in [1.165, 1.54) is 13.1 Å². The van der Waals surface area contributed by atoms with Gasteiger partial charge in [-0.15, -0.1) is 0 Å². The molecule has 2 rings (SSSR count). The molecule has 0 aliphatic carbocycles. The van der Waals surface area contributed by atoms with Crippen LogP contribution in [-0.4, -0.2) is 38.3 Å². The van der Waals surface area contributed by atoms with E-state index in [4.69, 9.17) is 5.73 Å². The summed E-state index contributed by atoms with van der Waals surface area (Å²) in [5.74, 6) is -1.31. The minimum absolute atomic E-state index is 0.0308. The number of hydrogen-bond acceptors (Lipinski definition) is 4. The van der Waals surface area contributed by atoms with E-state index in [1.54, 1.807) is 0 Å². The molecule has 1 fully saturated rings. The molecule has 3 N–H and O–H groups in total. The van der Waals surface area contributed by atoms with Gasteiger partial charge in [0.25, 0.3) is 0 Å². The molecule has 1 unspecified atom stereocenters. The number of anilines is 1. The summed E-state index contributed by atoms with van der Waals surface area (Å²) in [4.78, 5) is 11.3. The van der Waals surface area contributed by atoms with Crippen molar-refractivity contribution in [3.63, 3.8) is 0 Å². The SMILES string of the molecule is CNC(=O)C1CCCN1S(=O)(=O)c1cc(N)cc(Br)c1F. The van der Waals surface area contributed by atoms with Crippen LogP contribution in [0.15, 0.2) is 21.5 Å². The number of nitrogen functional groups attached to an aromatic ring is 1. The predicted octanol–water partition coefficient (Wildman–Crippen LogP) is 1.07. The van der Waals surface area contributed by atoms with E-state index in [2.05, 4.69) is 21.2 Å². The Hall–Kier alpha value is -1.19. The molecular weight excluding hydrogens is 365 g/mol. The van der Waals surface area contributed by atoms with Gasteiger partial charge < -0.3 is 11.1 Å². The number of nitrogens with zero attached hydrogens (tertiary/aromatic N) is 1. The van der Waals surface area contributed by atoms with Crippen LogP contribution in [0.5, 0.6) is 0 Å². The van der Waals surface area contributed by atoms with Gasteiger partial charge in [-0.2, -0.15) is 4.31 Å². The van der Waals surface area contributed by atoms with Crippen LogP contribution in [-0.2, 0) is 14.8 Å². The number of likely N-dealkylation sites (N-methyl/N-ethyl adjacent to an activating group) is 1. The van der Waals surface area contributed by atoms with Crippen LogP contribution in [0.4, 0.5) is 10.1 Å². The second-order valence-corrected chi connectivity index (χ2v) is 7.42. The van der Waals surface area contributed by atoms with Crippen molar-refractivity contribution in [1.29, 1.82) is 0 Å². The highest BCUT2D eigenvalue weighted by molar-refractivity contribution is 9.10. The molecule has 1 aromatic rings. The molecule has 1 saturated heterocycles. The molecule has 0 spiro atoms. The lowest BCUT2D eigenvalue weighted by Gasteiger charge is -2.23. The second kappa shape index (κ2) is 5.90. The van der Waals surface area contributed by atoms with Crippen molar-refractivity contribution in [1.82, 2.24) is 9.62 Å². The van der Waals surface area contributed by atoms with Crippen molar-refractivity contribution >= 4 is 37.5 Å². The third-order valence-electron chi connectivity index (χ3n) is 3.36. The highest BCUT2D eigenvalue weighted by atomic mass is 79.9. The van der Waals surface area contributed by atoms with Gasteiger partial charge in [0.1, 0.15) is 10.9 Å². The molecule has 116 valence electrons. The molecule has 0 aromatic heterocycles. The van der Waals surface area contributed by atoms with E-state index >= 15 is 0 Å². The Kier molecular flexibility index (Phi) is 4.54. The summed E-state index contributed by atoms with van der Waals surface area (Å²) in [6, 6.07) is 1.53. The molecule has 1 aliphatic rings. The van der Waals surface area contributed by atoms with Crippen molar-refractivity contribution in [2.45, 2.75) is 23.8 Å². The fourth-order valence-corrected chi connectivity index (χ4v) is 4.74. The molecule has 21 heavy (non-hydrogen) atoms. The Morgan fingerprint density at radius 1 is 1.52 bits per heavy atom. The zero-order chi connectivity index (χ0) is 15.8. The molecule has 1 amide bonds. The first-order chi connectivity index (χ1) is 9.78. The smallest absolute Gasteiger partial charge is 0.246 e. The van der Waals surface area contributed by atoms with Gasteiger partial charge in [-0.05, 0) is 40.9 Å². The number of carbonyl (C=O) groups excluding carboxylic acids is 1. The van der Waals surface area contributed by atoms with Gasteiger partial charge in [0, 0.05) is 19.3 Å². The van der Waals surface area contributed by atoms with Crippen molar-refractivity contribution in [2.24, 2.45) is 0 Å². The lowest BCUT2D eigenvalue weighted by molar-refractivity contribution is -0.123. The third-order valence-corrected chi connectivity index (χ3v) is 5.84. The maximum atomic E-state index is 14.1. The zero-order valence-corrected chi connectivity index (χ0v) is 13.7. The van der Waals surface area contributed by atoms with Gasteiger partial charge >= 0.3 is 0 Å². The number of hydrogen-bond donors (Lipinski definition) is 2. The molecule has 1 atom stereocenters. The monoisotopic (exact) mass is 379 g/mol. The van der Waals surface area contributed by atoms with E-state index in [1.807, 2.05) is 0 Å². The highest BCUT2D eigenvalue weighted by Gasteiger charge is 2.40. The van der Waals surface area contributed by atoms with Gasteiger partial charge in [-0.3, -0.25) is 4.79 Å². The Bertz CT molecular complexity index is 681. The Balaban J connectivity index is 2.50. The Morgan fingerprint density at radius 2 is 2.19 bits per heavy atom. The number of carbonyl (C=O) groups is 1. The maximum absolute atomic E-state index is 14.1. The van der Waals surface area contributed by atoms with Gasteiger partial charge in [-0.25, -0.2) is 12.8 Å². The van der Waals surface area contributed by atoms with Gasteiger partial charge in [-0.1, -0.05) is 0 Å². The number of sulfonamides is 1. The Labute approximate surface area is 130 Å². The second-order valence-electron chi connectivity index (χ2n) is 4.70. The van der Waals surface area contributed by atoms with Crippen molar-refractivity contribution < 1.29 is 17.6 Å². The number of benzene rings is 1. The first-order valence-electron chi connectivity index (χ1n) is 6.27. The van der Waals surface area contributed by atoms with E-state index < -0.39 is 32.7 Å². The summed E-state index contributed by atoms with van der Waals surface area (Å²) in [7, 11) is -2.70. The minimum atomic E-state index is -4.13. The number of halogens is 2. The molecule has 0 radical (unpaired) electrons. The zero-order valence-electron chi connectivity index (χ0n) is 11.3. The number of rotatable bonds is 3. The van der Waals surface area contributed by atoms with Crippen LogP contribution >= 0.6 is 15.9 Å². The first kappa shape index (κ1) is 16.2. The van der Waals surface area contributed by atoms with Gasteiger partial charge in [0.15, 0.2) is 5.82 Å². The fraction of sp³-hybridized carbons (Fsp3) is 0.417. The third kappa shape index (κ3) is 2.90. The molecule has 1 aliphatic heterocycles. The average Bonchev–Trinajstić information content (AvgIpc) is 2.91. The van der Waals surface area contributed by atoms with Crippen molar-refractivity contribution in [3.8, 4) is 0 Å². The number of nitrogens with two attached hydrogens (primary N) is 1. The molecule has 9 heteroatoms. The molecule has 0 saturated carbocycles. The fourth-order valence-electron chi connectivity index (χ4n) is 2.35. The van der Waals surface area contributed by atoms with Crippen LogP contribution in [0.3, 0.4) is 0 Å². The van der Waals surface area contributed by atoms with E-state index in [0.717, 1.165) is 10.4 Å². The predicted molar refractivity (Wildman–Crippen MR) is 79.5 cm³/mol. The quantitative estimate of drug-likeness (QED) is 0.768. The minimum Gasteiger partial charge on any atom is -0.399 e. The standard InChI is InChI=1S/C12H15BrFN3O3S/c1-16-12(18)9-3-2-4-17(9)21(19,20)10-6-7(15)5-8(13)11(10)14/h5-6,9H,2-4,15H2,1H3,(H,16,18). The molecular formula is C12H15BrFN3O3S. The van der Waals surface area contributed by atoms with Gasteiger partial charge in [0.2, 0.25) is 15.9 Å². The lowest BCUT2D eigenvalue weighted by atomic mass is 10.2. The topological polar surface area (TPSA) is 92.5 Å². The largest absolute Gasteiger partial charge is 0.399 e. The molecule has 6 nitrogen and oxygen atoms in total. The van der Waals surface area contributed by atoms with E-state index in [-0.39, 0.29) is 16.7 Å². The number of amides is 1. The molecule has 1 aromatic carbocycles.